The minimum absolute atomic E-state index is 0.197. The van der Waals surface area contributed by atoms with Crippen LogP contribution in [-0.2, 0) is 27.0 Å². The van der Waals surface area contributed by atoms with Crippen molar-refractivity contribution in [3.8, 4) is 11.1 Å². The molecule has 1 atom stereocenters. The van der Waals surface area contributed by atoms with Crippen LogP contribution in [0, 0.1) is 0 Å². The van der Waals surface area contributed by atoms with Crippen molar-refractivity contribution in [1.82, 2.24) is 3.26 Å². The van der Waals surface area contributed by atoms with E-state index >= 15 is 0 Å². The van der Waals surface area contributed by atoms with Crippen molar-refractivity contribution in [2.75, 3.05) is 0 Å². The molecule has 24 heavy (non-hydrogen) atoms. The first-order valence-electron chi connectivity index (χ1n) is 9.19. The SMILES string of the molecule is C[SiH](C)[CH2][Zr]([CH3])([NH]C(C)(C)C)[c]1cccc2c1Cc1ccccc1-2. The topological polar surface area (TPSA) is 12.0 Å². The van der Waals surface area contributed by atoms with Gasteiger partial charge in [-0.05, 0) is 0 Å². The van der Waals surface area contributed by atoms with E-state index in [0.717, 1.165) is 6.42 Å². The van der Waals surface area contributed by atoms with E-state index in [1.165, 1.54) is 20.4 Å². The van der Waals surface area contributed by atoms with Gasteiger partial charge in [-0.3, -0.25) is 0 Å². The molecule has 0 aromatic heterocycles. The van der Waals surface area contributed by atoms with E-state index in [1.54, 1.807) is 8.83 Å². The van der Waals surface area contributed by atoms with Crippen molar-refractivity contribution in [3.05, 3.63) is 53.6 Å². The summed E-state index contributed by atoms with van der Waals surface area (Å²) < 4.78 is 10.0. The quantitative estimate of drug-likeness (QED) is 0.601. The molecule has 128 valence electrons. The van der Waals surface area contributed by atoms with Gasteiger partial charge in [0.2, 0.25) is 0 Å². The van der Waals surface area contributed by atoms with Crippen molar-refractivity contribution >= 4 is 12.1 Å². The van der Waals surface area contributed by atoms with Gasteiger partial charge in [-0.15, -0.1) is 0 Å². The summed E-state index contributed by atoms with van der Waals surface area (Å²) in [5.74, 6) is 0. The van der Waals surface area contributed by atoms with Gasteiger partial charge in [-0.1, -0.05) is 0 Å². The van der Waals surface area contributed by atoms with Crippen LogP contribution < -0.4 is 6.53 Å². The van der Waals surface area contributed by atoms with Gasteiger partial charge in [0.05, 0.1) is 0 Å². The first-order chi connectivity index (χ1) is 11.2. The molecule has 0 amide bonds. The molecule has 3 heteroatoms. The van der Waals surface area contributed by atoms with E-state index in [2.05, 4.69) is 84.2 Å². The fraction of sp³-hybridized carbons (Fsp3) is 0.429. The number of rotatable bonds is 4. The van der Waals surface area contributed by atoms with Crippen LogP contribution in [0.5, 0.6) is 0 Å². The predicted octanol–water partition coefficient (Wildman–Crippen LogP) is 4.83. The third-order valence-electron chi connectivity index (χ3n) is 4.91. The van der Waals surface area contributed by atoms with Crippen LogP contribution in [0.1, 0.15) is 31.9 Å². The van der Waals surface area contributed by atoms with Crippen molar-refractivity contribution in [3.63, 3.8) is 0 Å². The van der Waals surface area contributed by atoms with Gasteiger partial charge in [0.1, 0.15) is 0 Å². The Labute approximate surface area is 154 Å². The summed E-state index contributed by atoms with van der Waals surface area (Å²) in [5, 5.41) is 0. The Kier molecular flexibility index (Phi) is 5.08. The molecule has 2 aromatic rings. The van der Waals surface area contributed by atoms with E-state index in [-0.39, 0.29) is 5.54 Å². The van der Waals surface area contributed by atoms with Crippen LogP contribution >= 0.6 is 0 Å². The van der Waals surface area contributed by atoms with E-state index in [9.17, 15) is 0 Å². The normalized spacial score (nSPS) is 16.0. The molecule has 1 aliphatic rings. The summed E-state index contributed by atoms with van der Waals surface area (Å²) in [5.41, 5.74) is 6.28. The number of hydrogen-bond acceptors (Lipinski definition) is 1. The van der Waals surface area contributed by atoms with Crippen molar-refractivity contribution < 1.29 is 20.6 Å². The van der Waals surface area contributed by atoms with Crippen molar-refractivity contribution in [2.24, 2.45) is 0 Å². The maximum absolute atomic E-state index is 4.18. The second kappa shape index (κ2) is 6.67. The summed E-state index contributed by atoms with van der Waals surface area (Å²) in [4.78, 5) is 0. The summed E-state index contributed by atoms with van der Waals surface area (Å²) in [6.45, 7) is 12.0. The van der Waals surface area contributed by atoms with Crippen LogP contribution in [0.4, 0.5) is 0 Å². The number of fused-ring (bicyclic) bond motifs is 3. The van der Waals surface area contributed by atoms with Crippen LogP contribution in [0.2, 0.25) is 21.5 Å². The minimum atomic E-state index is -2.61. The molecule has 0 radical (unpaired) electrons. The number of hydrogen-bond donors (Lipinski definition) is 1. The third kappa shape index (κ3) is 3.69. The van der Waals surface area contributed by atoms with E-state index in [4.69, 9.17) is 0 Å². The zero-order valence-corrected chi connectivity index (χ0v) is 19.6. The summed E-state index contributed by atoms with van der Waals surface area (Å²) in [6.07, 6.45) is 1.12. The Morgan fingerprint density at radius 3 is 2.33 bits per heavy atom. The molecule has 1 nitrogen and oxygen atoms in total. The molecule has 1 unspecified atom stereocenters. The van der Waals surface area contributed by atoms with E-state index in [1.807, 2.05) is 0 Å². The third-order valence-corrected chi connectivity index (χ3v) is 25.9. The summed E-state index contributed by atoms with van der Waals surface area (Å²) in [6, 6.07) is 16.1. The Morgan fingerprint density at radius 1 is 1.00 bits per heavy atom. The zero-order valence-electron chi connectivity index (χ0n) is 16.0. The van der Waals surface area contributed by atoms with E-state index in [0.29, 0.717) is 0 Å². The second-order valence-corrected chi connectivity index (χ2v) is 23.7. The molecule has 0 saturated carbocycles. The maximum atomic E-state index is 4.18. The first-order valence-corrected chi connectivity index (χ1v) is 19.0. The second-order valence-electron chi connectivity index (χ2n) is 8.97. The molecule has 0 bridgehead atoms. The Bertz CT molecular complexity index is 748. The fourth-order valence-electron chi connectivity index (χ4n) is 4.55. The molecule has 3 rings (SSSR count). The first kappa shape index (κ1) is 18.3. The molecule has 0 heterocycles. The van der Waals surface area contributed by atoms with Crippen LogP contribution in [0.25, 0.3) is 11.1 Å². The van der Waals surface area contributed by atoms with Gasteiger partial charge in [-0.2, -0.15) is 0 Å². The summed E-state index contributed by atoms with van der Waals surface area (Å²) in [7, 11) is -0.626. The van der Waals surface area contributed by atoms with E-state index < -0.39 is 29.4 Å². The molecule has 1 N–H and O–H groups in total. The number of nitrogens with one attached hydrogen (secondary N) is 1. The molecule has 0 saturated heterocycles. The molecular formula is C21H31NSiZr. The predicted molar refractivity (Wildman–Crippen MR) is 107 cm³/mol. The zero-order chi connectivity index (χ0) is 17.5. The van der Waals surface area contributed by atoms with Gasteiger partial charge < -0.3 is 0 Å². The Hall–Kier alpha value is -0.500. The molecule has 0 aliphatic heterocycles. The van der Waals surface area contributed by atoms with Gasteiger partial charge in [0.25, 0.3) is 0 Å². The molecule has 0 fully saturated rings. The Morgan fingerprint density at radius 2 is 1.67 bits per heavy atom. The number of benzene rings is 2. The standard InChI is InChI=1S/C13H9.C4H10N.C3H9Si.CH3.Zr/c1-3-7-12-10(5-1)9-11-6-2-4-8-13(11)12;1-4(2,3)5;1-4(2)3;;/h1-5,7-8H,9H2;5H,1-3H3;4H,1H2,2-3H3;1H3;/q;-1;;;+1. The van der Waals surface area contributed by atoms with Crippen molar-refractivity contribution in [2.45, 2.75) is 54.2 Å². The van der Waals surface area contributed by atoms with Gasteiger partial charge in [0, 0.05) is 0 Å². The molecule has 1 aliphatic carbocycles. The fourth-order valence-corrected chi connectivity index (χ4v) is 28.6. The van der Waals surface area contributed by atoms with Crippen LogP contribution in [-0.4, -0.2) is 14.3 Å². The Balaban J connectivity index is 2.11. The van der Waals surface area contributed by atoms with Gasteiger partial charge >= 0.3 is 155 Å². The van der Waals surface area contributed by atoms with Gasteiger partial charge in [0.15, 0.2) is 0 Å². The average Bonchev–Trinajstić information content (AvgIpc) is 2.82. The molecular weight excluding hydrogens is 386 g/mol. The van der Waals surface area contributed by atoms with Gasteiger partial charge in [-0.25, -0.2) is 0 Å². The molecule has 2 aromatic carbocycles. The summed E-state index contributed by atoms with van der Waals surface area (Å²) >= 11 is -2.61. The van der Waals surface area contributed by atoms with Crippen LogP contribution in [0.15, 0.2) is 42.5 Å². The molecule has 0 spiro atoms. The monoisotopic (exact) mass is 415 g/mol. The van der Waals surface area contributed by atoms with Crippen LogP contribution in [0.3, 0.4) is 0 Å². The van der Waals surface area contributed by atoms with Crippen molar-refractivity contribution in [1.29, 1.82) is 0 Å². The average molecular weight is 417 g/mol.